The van der Waals surface area contributed by atoms with E-state index in [0.717, 1.165) is 30.9 Å². The molecule has 3 aromatic rings. The molecule has 3 aromatic heterocycles. The van der Waals surface area contributed by atoms with E-state index in [9.17, 15) is 4.79 Å². The third-order valence-corrected chi connectivity index (χ3v) is 5.01. The molecule has 0 N–H and O–H groups in total. The molecular weight excluding hydrogens is 344 g/mol. The number of carbonyl (C=O) groups is 1. The Morgan fingerprint density at radius 3 is 2.96 bits per heavy atom. The summed E-state index contributed by atoms with van der Waals surface area (Å²) in [5.41, 5.74) is 2.27. The SMILES string of the molecule is Cc1nonc1CC(=O)N1CCC[C@@H](c2nccn2Cc2ccccn2)C1. The van der Waals surface area contributed by atoms with Crippen molar-refractivity contribution in [2.24, 2.45) is 0 Å². The lowest BCUT2D eigenvalue weighted by atomic mass is 9.96. The summed E-state index contributed by atoms with van der Waals surface area (Å²) in [5.74, 6) is 1.29. The number of hydrogen-bond donors (Lipinski definition) is 0. The van der Waals surface area contributed by atoms with Crippen LogP contribution in [0, 0.1) is 6.92 Å². The van der Waals surface area contributed by atoms with Gasteiger partial charge in [0, 0.05) is 37.6 Å². The molecule has 27 heavy (non-hydrogen) atoms. The minimum atomic E-state index is 0.0568. The van der Waals surface area contributed by atoms with Gasteiger partial charge in [0.15, 0.2) is 0 Å². The van der Waals surface area contributed by atoms with Crippen LogP contribution in [-0.2, 0) is 17.8 Å². The van der Waals surface area contributed by atoms with Gasteiger partial charge >= 0.3 is 0 Å². The summed E-state index contributed by atoms with van der Waals surface area (Å²) in [4.78, 5) is 23.6. The molecule has 1 amide bonds. The van der Waals surface area contributed by atoms with Crippen molar-refractivity contribution in [3.63, 3.8) is 0 Å². The fraction of sp³-hybridized carbons (Fsp3) is 0.421. The van der Waals surface area contributed by atoms with Gasteiger partial charge in [-0.1, -0.05) is 16.4 Å². The van der Waals surface area contributed by atoms with Gasteiger partial charge < -0.3 is 9.47 Å². The highest BCUT2D eigenvalue weighted by molar-refractivity contribution is 5.78. The van der Waals surface area contributed by atoms with E-state index in [4.69, 9.17) is 4.63 Å². The largest absolute Gasteiger partial charge is 0.342 e. The molecule has 1 atom stereocenters. The van der Waals surface area contributed by atoms with E-state index in [2.05, 4.69) is 24.8 Å². The Morgan fingerprint density at radius 1 is 1.26 bits per heavy atom. The van der Waals surface area contributed by atoms with E-state index in [0.29, 0.717) is 24.5 Å². The van der Waals surface area contributed by atoms with Crippen LogP contribution in [0.25, 0.3) is 0 Å². The van der Waals surface area contributed by atoms with E-state index in [-0.39, 0.29) is 18.2 Å². The van der Waals surface area contributed by atoms with Crippen molar-refractivity contribution in [3.05, 3.63) is 59.7 Å². The normalized spacial score (nSPS) is 17.2. The topological polar surface area (TPSA) is 89.9 Å². The van der Waals surface area contributed by atoms with Gasteiger partial charge in [0.1, 0.15) is 17.2 Å². The maximum absolute atomic E-state index is 12.7. The summed E-state index contributed by atoms with van der Waals surface area (Å²) in [6, 6.07) is 5.91. The molecule has 0 aromatic carbocycles. The van der Waals surface area contributed by atoms with Crippen molar-refractivity contribution in [2.75, 3.05) is 13.1 Å². The Kier molecular flexibility index (Phi) is 4.95. The van der Waals surface area contributed by atoms with Crippen LogP contribution in [0.5, 0.6) is 0 Å². The molecule has 0 bridgehead atoms. The third kappa shape index (κ3) is 3.89. The molecule has 0 aliphatic carbocycles. The number of hydrogen-bond acceptors (Lipinski definition) is 6. The number of nitrogens with zero attached hydrogens (tertiary/aromatic N) is 6. The third-order valence-electron chi connectivity index (χ3n) is 5.01. The second kappa shape index (κ2) is 7.69. The highest BCUT2D eigenvalue weighted by Crippen LogP contribution is 2.26. The molecular formula is C19H22N6O2. The summed E-state index contributed by atoms with van der Waals surface area (Å²) >= 11 is 0. The van der Waals surface area contributed by atoms with Crippen molar-refractivity contribution < 1.29 is 9.42 Å². The fourth-order valence-electron chi connectivity index (χ4n) is 3.56. The van der Waals surface area contributed by atoms with Crippen LogP contribution in [0.15, 0.2) is 41.4 Å². The first-order valence-electron chi connectivity index (χ1n) is 9.17. The van der Waals surface area contributed by atoms with E-state index in [1.165, 1.54) is 0 Å². The average Bonchev–Trinajstić information content (AvgIpc) is 3.32. The number of imidazole rings is 1. The molecule has 0 saturated carbocycles. The number of pyridine rings is 1. The highest BCUT2D eigenvalue weighted by atomic mass is 16.6. The first kappa shape index (κ1) is 17.4. The maximum Gasteiger partial charge on any atom is 0.228 e. The van der Waals surface area contributed by atoms with Crippen molar-refractivity contribution in [3.8, 4) is 0 Å². The maximum atomic E-state index is 12.7. The quantitative estimate of drug-likeness (QED) is 0.686. The Morgan fingerprint density at radius 2 is 2.19 bits per heavy atom. The number of carbonyl (C=O) groups excluding carboxylic acids is 1. The summed E-state index contributed by atoms with van der Waals surface area (Å²) < 4.78 is 6.83. The minimum absolute atomic E-state index is 0.0568. The molecule has 4 rings (SSSR count). The predicted molar refractivity (Wildman–Crippen MR) is 96.9 cm³/mol. The van der Waals surface area contributed by atoms with Gasteiger partial charge in [-0.25, -0.2) is 9.61 Å². The molecule has 0 spiro atoms. The molecule has 0 unspecified atom stereocenters. The van der Waals surface area contributed by atoms with E-state index in [1.54, 1.807) is 13.1 Å². The molecule has 1 saturated heterocycles. The lowest BCUT2D eigenvalue weighted by Crippen LogP contribution is -2.40. The van der Waals surface area contributed by atoms with Crippen LogP contribution >= 0.6 is 0 Å². The number of piperidine rings is 1. The van der Waals surface area contributed by atoms with Gasteiger partial charge in [0.05, 0.1) is 18.7 Å². The van der Waals surface area contributed by atoms with Gasteiger partial charge in [-0.05, 0) is 31.9 Å². The van der Waals surface area contributed by atoms with E-state index >= 15 is 0 Å². The van der Waals surface area contributed by atoms with Gasteiger partial charge in [-0.2, -0.15) is 0 Å². The predicted octanol–water partition coefficient (Wildman–Crippen LogP) is 1.97. The molecule has 1 aliphatic rings. The Labute approximate surface area is 157 Å². The first-order chi connectivity index (χ1) is 13.2. The van der Waals surface area contributed by atoms with Crippen LogP contribution in [0.3, 0.4) is 0 Å². The second-order valence-corrected chi connectivity index (χ2v) is 6.89. The van der Waals surface area contributed by atoms with Crippen molar-refractivity contribution in [1.29, 1.82) is 0 Å². The summed E-state index contributed by atoms with van der Waals surface area (Å²) in [7, 11) is 0. The average molecular weight is 366 g/mol. The molecule has 1 aliphatic heterocycles. The van der Waals surface area contributed by atoms with Crippen LogP contribution in [0.2, 0.25) is 0 Å². The molecule has 8 nitrogen and oxygen atoms in total. The molecule has 0 radical (unpaired) electrons. The fourth-order valence-corrected chi connectivity index (χ4v) is 3.56. The molecule has 140 valence electrons. The highest BCUT2D eigenvalue weighted by Gasteiger charge is 2.28. The number of amides is 1. The van der Waals surface area contributed by atoms with Crippen LogP contribution < -0.4 is 0 Å². The zero-order valence-electron chi connectivity index (χ0n) is 15.3. The number of rotatable bonds is 5. The second-order valence-electron chi connectivity index (χ2n) is 6.89. The standard InChI is InChI=1S/C19H22N6O2/c1-14-17(23-27-22-14)11-18(26)24-9-4-5-15(12-24)19-21-8-10-25(19)13-16-6-2-3-7-20-16/h2-3,6-8,10,15H,4-5,9,11-13H2,1H3/t15-/m1/s1. The Bertz CT molecular complexity index is 904. The van der Waals surface area contributed by atoms with Crippen molar-refractivity contribution in [1.82, 2.24) is 29.7 Å². The number of aryl methyl sites for hydroxylation is 1. The van der Waals surface area contributed by atoms with Gasteiger partial charge in [0.25, 0.3) is 0 Å². The minimum Gasteiger partial charge on any atom is -0.342 e. The Balaban J connectivity index is 1.45. The Hall–Kier alpha value is -3.03. The first-order valence-corrected chi connectivity index (χ1v) is 9.17. The van der Waals surface area contributed by atoms with Crippen molar-refractivity contribution in [2.45, 2.75) is 38.6 Å². The zero-order valence-corrected chi connectivity index (χ0v) is 15.3. The van der Waals surface area contributed by atoms with Gasteiger partial charge in [-0.3, -0.25) is 9.78 Å². The summed E-state index contributed by atoms with van der Waals surface area (Å²) in [6.45, 7) is 3.92. The summed E-state index contributed by atoms with van der Waals surface area (Å²) in [6.07, 6.45) is 7.81. The smallest absolute Gasteiger partial charge is 0.228 e. The summed E-state index contributed by atoms with van der Waals surface area (Å²) in [5, 5.41) is 7.57. The number of likely N-dealkylation sites (tertiary alicyclic amines) is 1. The molecule has 4 heterocycles. The molecule has 8 heteroatoms. The lowest BCUT2D eigenvalue weighted by Gasteiger charge is -2.32. The van der Waals surface area contributed by atoms with Gasteiger partial charge in [0.2, 0.25) is 5.91 Å². The lowest BCUT2D eigenvalue weighted by molar-refractivity contribution is -0.131. The monoisotopic (exact) mass is 366 g/mol. The number of aromatic nitrogens is 5. The van der Waals surface area contributed by atoms with E-state index < -0.39 is 0 Å². The van der Waals surface area contributed by atoms with E-state index in [1.807, 2.05) is 35.5 Å². The van der Waals surface area contributed by atoms with Crippen LogP contribution in [-0.4, -0.2) is 48.7 Å². The molecule has 1 fully saturated rings. The van der Waals surface area contributed by atoms with Crippen LogP contribution in [0.1, 0.15) is 41.7 Å². The zero-order chi connectivity index (χ0) is 18.6. The van der Waals surface area contributed by atoms with Crippen molar-refractivity contribution >= 4 is 5.91 Å². The van der Waals surface area contributed by atoms with Crippen LogP contribution in [0.4, 0.5) is 0 Å². The van der Waals surface area contributed by atoms with Gasteiger partial charge in [-0.15, -0.1) is 0 Å².